The van der Waals surface area contributed by atoms with Crippen molar-refractivity contribution >= 4 is 29.3 Å². The van der Waals surface area contributed by atoms with Crippen molar-refractivity contribution in [2.75, 3.05) is 11.2 Å². The Kier molecular flexibility index (Phi) is 11.2. The smallest absolute Gasteiger partial charge is 0.227 e. The number of ether oxygens (including phenoxy) is 1. The molecule has 0 bridgehead atoms. The Morgan fingerprint density at radius 3 is 2.22 bits per heavy atom. The van der Waals surface area contributed by atoms with Crippen LogP contribution in [0.2, 0.25) is 0 Å². The number of nitrogens with two attached hydrogens (primary N) is 1. The lowest BCUT2D eigenvalue weighted by molar-refractivity contribution is -0.125. The highest BCUT2D eigenvalue weighted by molar-refractivity contribution is 7.98. The summed E-state index contributed by atoms with van der Waals surface area (Å²) in [7, 11) is 0. The Balaban J connectivity index is 1.36. The fourth-order valence-corrected chi connectivity index (χ4v) is 5.39. The molecule has 0 fully saturated rings. The molecule has 234 valence electrons. The van der Waals surface area contributed by atoms with Crippen molar-refractivity contribution in [2.24, 2.45) is 5.73 Å². The largest absolute Gasteiger partial charge is 0.455 e. The molecule has 0 atom stereocenters. The normalized spacial score (nSPS) is 10.8. The second kappa shape index (κ2) is 15.9. The number of nitrogens with zero attached hydrogens (tertiary/aromatic N) is 1. The summed E-state index contributed by atoms with van der Waals surface area (Å²) in [5, 5.41) is 2.72. The van der Waals surface area contributed by atoms with E-state index in [2.05, 4.69) is 35.8 Å². The van der Waals surface area contributed by atoms with Crippen molar-refractivity contribution in [3.8, 4) is 22.6 Å². The Labute approximate surface area is 273 Å². The Morgan fingerprint density at radius 1 is 0.804 bits per heavy atom. The molecule has 0 saturated carbocycles. The minimum absolute atomic E-state index is 0.0417. The van der Waals surface area contributed by atoms with Crippen molar-refractivity contribution in [2.45, 2.75) is 37.4 Å². The van der Waals surface area contributed by atoms with E-state index in [4.69, 9.17) is 10.5 Å². The molecule has 6 nitrogen and oxygen atoms in total. The van der Waals surface area contributed by atoms with Crippen LogP contribution in [0, 0.1) is 5.82 Å². The minimum atomic E-state index is -0.387. The second-order valence-corrected chi connectivity index (χ2v) is 11.6. The van der Waals surface area contributed by atoms with Crippen molar-refractivity contribution in [3.05, 3.63) is 144 Å². The topological polar surface area (TPSA) is 84.7 Å². The number of carbonyl (C=O) groups excluding carboxylic acids is 2. The van der Waals surface area contributed by atoms with Gasteiger partial charge in [0, 0.05) is 36.4 Å². The number of rotatable bonds is 13. The number of nitrogens with one attached hydrogen (secondary N) is 1. The maximum absolute atomic E-state index is 14.0. The fourth-order valence-electron chi connectivity index (χ4n) is 4.99. The standard InChI is InChI=1S/C38H36FN3O3S/c1-46-33-19-17-30(18-20-33)29-15-13-27(14-16-29)26-42(38(44)22-21-37(43)41-25-31-8-2-3-10-34(31)39)35-11-4-5-12-36(35)45-32-9-6-7-28(23-32)24-40/h2-20,23H,21-22,24-26,40H2,1H3,(H,41,43). The number of carbonyl (C=O) groups is 2. The van der Waals surface area contributed by atoms with E-state index in [1.54, 1.807) is 34.9 Å². The summed E-state index contributed by atoms with van der Waals surface area (Å²) in [6, 6.07) is 37.6. The van der Waals surface area contributed by atoms with Crippen LogP contribution in [0.4, 0.5) is 10.1 Å². The molecule has 5 rings (SSSR count). The molecule has 2 amide bonds. The molecule has 0 radical (unpaired) electrons. The number of halogens is 1. The van der Waals surface area contributed by atoms with Gasteiger partial charge >= 0.3 is 0 Å². The highest BCUT2D eigenvalue weighted by Gasteiger charge is 2.21. The first-order valence-corrected chi connectivity index (χ1v) is 16.3. The van der Waals surface area contributed by atoms with Gasteiger partial charge in [-0.1, -0.05) is 78.9 Å². The lowest BCUT2D eigenvalue weighted by atomic mass is 10.0. The van der Waals surface area contributed by atoms with Gasteiger partial charge in [-0.25, -0.2) is 4.39 Å². The van der Waals surface area contributed by atoms with Gasteiger partial charge in [0.05, 0.1) is 12.2 Å². The third kappa shape index (κ3) is 8.62. The van der Waals surface area contributed by atoms with E-state index in [-0.39, 0.29) is 43.6 Å². The molecule has 5 aromatic rings. The van der Waals surface area contributed by atoms with Crippen LogP contribution in [0.5, 0.6) is 11.5 Å². The fraction of sp³-hybridized carbons (Fsp3) is 0.158. The number of thioether (sulfide) groups is 1. The van der Waals surface area contributed by atoms with E-state index in [9.17, 15) is 14.0 Å². The molecule has 5 aromatic carbocycles. The Bertz CT molecular complexity index is 1780. The van der Waals surface area contributed by atoms with Gasteiger partial charge in [-0.15, -0.1) is 11.8 Å². The van der Waals surface area contributed by atoms with Crippen molar-refractivity contribution in [1.29, 1.82) is 0 Å². The third-order valence-corrected chi connectivity index (χ3v) is 8.28. The highest BCUT2D eigenvalue weighted by Crippen LogP contribution is 2.34. The molecular formula is C38H36FN3O3S. The lowest BCUT2D eigenvalue weighted by Crippen LogP contribution is -2.32. The van der Waals surface area contributed by atoms with Gasteiger partial charge in [0.15, 0.2) is 5.75 Å². The Morgan fingerprint density at radius 2 is 1.50 bits per heavy atom. The number of anilines is 1. The zero-order chi connectivity index (χ0) is 32.3. The van der Waals surface area contributed by atoms with Gasteiger partial charge in [0.2, 0.25) is 11.8 Å². The van der Waals surface area contributed by atoms with Crippen LogP contribution in [0.25, 0.3) is 11.1 Å². The first-order chi connectivity index (χ1) is 22.4. The predicted octanol–water partition coefficient (Wildman–Crippen LogP) is 8.10. The first-order valence-electron chi connectivity index (χ1n) is 15.0. The van der Waals surface area contributed by atoms with Crippen molar-refractivity contribution in [1.82, 2.24) is 5.32 Å². The third-order valence-electron chi connectivity index (χ3n) is 7.54. The molecule has 0 aromatic heterocycles. The maximum Gasteiger partial charge on any atom is 0.227 e. The molecule has 0 unspecified atom stereocenters. The number of benzene rings is 5. The zero-order valence-corrected chi connectivity index (χ0v) is 26.4. The average molecular weight is 634 g/mol. The minimum Gasteiger partial charge on any atom is -0.455 e. The van der Waals surface area contributed by atoms with Crippen molar-refractivity contribution in [3.63, 3.8) is 0 Å². The average Bonchev–Trinajstić information content (AvgIpc) is 3.10. The molecule has 0 aliphatic heterocycles. The Hall–Kier alpha value is -4.92. The SMILES string of the molecule is CSc1ccc(-c2ccc(CN(C(=O)CCC(=O)NCc3ccccc3F)c3ccccc3Oc3cccc(CN)c3)cc2)cc1. The number of amides is 2. The maximum atomic E-state index is 14.0. The van der Waals surface area contributed by atoms with Gasteiger partial charge in [0.1, 0.15) is 11.6 Å². The second-order valence-electron chi connectivity index (χ2n) is 10.7. The summed E-state index contributed by atoms with van der Waals surface area (Å²) < 4.78 is 20.3. The number of hydrogen-bond donors (Lipinski definition) is 2. The van der Waals surface area contributed by atoms with Crippen LogP contribution in [0.1, 0.15) is 29.5 Å². The van der Waals surface area contributed by atoms with E-state index in [0.29, 0.717) is 29.3 Å². The van der Waals surface area contributed by atoms with Gasteiger partial charge < -0.3 is 20.7 Å². The van der Waals surface area contributed by atoms with E-state index in [0.717, 1.165) is 22.3 Å². The van der Waals surface area contributed by atoms with Gasteiger partial charge in [-0.2, -0.15) is 0 Å². The van der Waals surface area contributed by atoms with Gasteiger partial charge in [-0.05, 0) is 71.0 Å². The molecular weight excluding hydrogens is 598 g/mol. The summed E-state index contributed by atoms with van der Waals surface area (Å²) in [4.78, 5) is 29.4. The highest BCUT2D eigenvalue weighted by atomic mass is 32.2. The molecule has 0 heterocycles. The summed E-state index contributed by atoms with van der Waals surface area (Å²) in [6.45, 7) is 0.693. The summed E-state index contributed by atoms with van der Waals surface area (Å²) in [5.41, 5.74) is 10.8. The van der Waals surface area contributed by atoms with Crippen LogP contribution in [0.15, 0.2) is 126 Å². The van der Waals surface area contributed by atoms with Crippen LogP contribution in [-0.2, 0) is 29.2 Å². The molecule has 46 heavy (non-hydrogen) atoms. The monoisotopic (exact) mass is 633 g/mol. The van der Waals surface area contributed by atoms with Crippen molar-refractivity contribution < 1.29 is 18.7 Å². The lowest BCUT2D eigenvalue weighted by Gasteiger charge is -2.25. The summed E-state index contributed by atoms with van der Waals surface area (Å²) in [5.74, 6) is 0.134. The quantitative estimate of drug-likeness (QED) is 0.128. The van der Waals surface area contributed by atoms with Gasteiger partial charge in [-0.3, -0.25) is 9.59 Å². The molecule has 0 saturated heterocycles. The molecule has 8 heteroatoms. The van der Waals surface area contributed by atoms with Crippen LogP contribution in [-0.4, -0.2) is 18.1 Å². The first kappa shape index (κ1) is 32.5. The molecule has 3 N–H and O–H groups in total. The van der Waals surface area contributed by atoms with E-state index < -0.39 is 0 Å². The zero-order valence-electron chi connectivity index (χ0n) is 25.6. The number of para-hydroxylation sites is 2. The van der Waals surface area contributed by atoms with Crippen LogP contribution in [0.3, 0.4) is 0 Å². The summed E-state index contributed by atoms with van der Waals surface area (Å²) >= 11 is 1.70. The molecule has 0 aliphatic carbocycles. The van der Waals surface area contributed by atoms with Crippen LogP contribution < -0.4 is 20.7 Å². The molecule has 0 spiro atoms. The van der Waals surface area contributed by atoms with E-state index in [1.807, 2.05) is 72.8 Å². The van der Waals surface area contributed by atoms with Gasteiger partial charge in [0.25, 0.3) is 0 Å². The number of hydrogen-bond acceptors (Lipinski definition) is 5. The molecule has 0 aliphatic rings. The summed E-state index contributed by atoms with van der Waals surface area (Å²) in [6.07, 6.45) is 1.96. The van der Waals surface area contributed by atoms with E-state index in [1.165, 1.54) is 11.0 Å². The van der Waals surface area contributed by atoms with E-state index >= 15 is 0 Å². The predicted molar refractivity (Wildman–Crippen MR) is 183 cm³/mol. The van der Waals surface area contributed by atoms with Crippen LogP contribution >= 0.6 is 11.8 Å².